The van der Waals surface area contributed by atoms with E-state index in [0.29, 0.717) is 12.3 Å². The molecule has 3 fully saturated rings. The van der Waals surface area contributed by atoms with Gasteiger partial charge in [0, 0.05) is 17.3 Å². The SMILES string of the molecule is C[C@]12CC(O)[C@H]3[C@@H](CCC4=CC(=O)C(O)=C[C@@]43C)[C@@H]1CC[C@@H]2C(=O)CO. The fourth-order valence-corrected chi connectivity index (χ4v) is 7.05. The van der Waals surface area contributed by atoms with E-state index in [-0.39, 0.29) is 40.5 Å². The molecule has 0 amide bonds. The highest BCUT2D eigenvalue weighted by Crippen LogP contribution is 2.66. The molecular formula is C21H28O5. The first-order chi connectivity index (χ1) is 12.2. The standard InChI is InChI=1S/C21H28O5/c1-20-8-16(24)15(23)7-11(20)3-4-12-13-5-6-14(18(26)10-22)21(13,2)9-17(25)19(12)20/h7-8,12-14,17,19,22,24-25H,3-6,9-10H2,1-2H3/t12-,13-,14+,17?,19+,20-,21-/m0/s1. The molecule has 0 bridgehead atoms. The van der Waals surface area contributed by atoms with Crippen LogP contribution in [0.25, 0.3) is 0 Å². The summed E-state index contributed by atoms with van der Waals surface area (Å²) in [6.07, 6.45) is 6.52. The number of allylic oxidation sites excluding steroid dienone is 3. The Morgan fingerprint density at radius 3 is 2.69 bits per heavy atom. The van der Waals surface area contributed by atoms with Gasteiger partial charge in [-0.15, -0.1) is 0 Å². The van der Waals surface area contributed by atoms with Crippen molar-refractivity contribution in [2.75, 3.05) is 6.61 Å². The Kier molecular flexibility index (Phi) is 3.98. The molecule has 5 heteroatoms. The van der Waals surface area contributed by atoms with Crippen molar-refractivity contribution in [2.45, 2.75) is 52.1 Å². The number of fused-ring (bicyclic) bond motifs is 5. The van der Waals surface area contributed by atoms with Crippen LogP contribution in [0.4, 0.5) is 0 Å². The molecule has 0 aromatic rings. The van der Waals surface area contributed by atoms with Crippen LogP contribution in [-0.4, -0.2) is 39.6 Å². The van der Waals surface area contributed by atoms with Gasteiger partial charge in [-0.05, 0) is 61.5 Å². The summed E-state index contributed by atoms with van der Waals surface area (Å²) in [7, 11) is 0. The van der Waals surface area contributed by atoms with E-state index in [4.69, 9.17) is 0 Å². The van der Waals surface area contributed by atoms with Gasteiger partial charge in [0.25, 0.3) is 0 Å². The highest BCUT2D eigenvalue weighted by atomic mass is 16.3. The van der Waals surface area contributed by atoms with E-state index >= 15 is 0 Å². The van der Waals surface area contributed by atoms with Gasteiger partial charge in [0.2, 0.25) is 5.78 Å². The lowest BCUT2D eigenvalue weighted by Crippen LogP contribution is -2.56. The van der Waals surface area contributed by atoms with Crippen LogP contribution in [0.3, 0.4) is 0 Å². The quantitative estimate of drug-likeness (QED) is 0.702. The number of carbonyl (C=O) groups is 2. The maximum atomic E-state index is 12.3. The summed E-state index contributed by atoms with van der Waals surface area (Å²) in [4.78, 5) is 24.2. The molecule has 4 rings (SSSR count). The number of aliphatic hydroxyl groups excluding tert-OH is 3. The van der Waals surface area contributed by atoms with Gasteiger partial charge in [-0.2, -0.15) is 0 Å². The number of ketones is 2. The van der Waals surface area contributed by atoms with Gasteiger partial charge < -0.3 is 15.3 Å². The molecule has 3 N–H and O–H groups in total. The second-order valence-electron chi connectivity index (χ2n) is 9.21. The summed E-state index contributed by atoms with van der Waals surface area (Å²) in [6.45, 7) is 3.70. The lowest BCUT2D eigenvalue weighted by Gasteiger charge is -2.58. The molecule has 142 valence electrons. The van der Waals surface area contributed by atoms with E-state index in [1.54, 1.807) is 12.2 Å². The lowest BCUT2D eigenvalue weighted by atomic mass is 9.46. The minimum absolute atomic E-state index is 0.0567. The fraction of sp³-hybridized carbons (Fsp3) is 0.714. The summed E-state index contributed by atoms with van der Waals surface area (Å²) in [5.74, 6) is -0.349. The highest BCUT2D eigenvalue weighted by Gasteiger charge is 2.62. The van der Waals surface area contributed by atoms with E-state index < -0.39 is 18.1 Å². The Hall–Kier alpha value is -1.46. The van der Waals surface area contributed by atoms with E-state index in [1.807, 2.05) is 6.92 Å². The molecule has 4 aliphatic carbocycles. The molecule has 1 unspecified atom stereocenters. The van der Waals surface area contributed by atoms with Crippen LogP contribution in [0.15, 0.2) is 23.5 Å². The topological polar surface area (TPSA) is 94.8 Å². The molecular weight excluding hydrogens is 332 g/mol. The molecule has 5 nitrogen and oxygen atoms in total. The van der Waals surface area contributed by atoms with Crippen LogP contribution < -0.4 is 0 Å². The van der Waals surface area contributed by atoms with Crippen molar-refractivity contribution in [3.05, 3.63) is 23.5 Å². The van der Waals surface area contributed by atoms with Gasteiger partial charge in [-0.1, -0.05) is 19.4 Å². The van der Waals surface area contributed by atoms with Crippen molar-refractivity contribution in [3.8, 4) is 0 Å². The van der Waals surface area contributed by atoms with E-state index in [1.165, 1.54) is 0 Å². The van der Waals surface area contributed by atoms with Crippen molar-refractivity contribution in [1.29, 1.82) is 0 Å². The first kappa shape index (κ1) is 17.9. The van der Waals surface area contributed by atoms with Crippen LogP contribution in [0.5, 0.6) is 0 Å². The average molecular weight is 360 g/mol. The summed E-state index contributed by atoms with van der Waals surface area (Å²) < 4.78 is 0. The molecule has 0 radical (unpaired) electrons. The molecule has 0 aromatic carbocycles. The molecule has 0 saturated heterocycles. The average Bonchev–Trinajstić information content (AvgIpc) is 2.91. The van der Waals surface area contributed by atoms with Crippen LogP contribution in [0.2, 0.25) is 0 Å². The molecule has 3 saturated carbocycles. The third-order valence-electron chi connectivity index (χ3n) is 8.12. The van der Waals surface area contributed by atoms with Crippen molar-refractivity contribution in [1.82, 2.24) is 0 Å². The number of hydrogen-bond acceptors (Lipinski definition) is 5. The monoisotopic (exact) mass is 360 g/mol. The van der Waals surface area contributed by atoms with Gasteiger partial charge in [0.15, 0.2) is 11.5 Å². The lowest BCUT2D eigenvalue weighted by molar-refractivity contribution is -0.141. The molecule has 7 atom stereocenters. The molecule has 26 heavy (non-hydrogen) atoms. The van der Waals surface area contributed by atoms with Gasteiger partial charge in [-0.25, -0.2) is 0 Å². The number of hydrogen-bond donors (Lipinski definition) is 3. The number of aliphatic hydroxyl groups is 3. The number of carbonyl (C=O) groups excluding carboxylic acids is 2. The maximum Gasteiger partial charge on any atom is 0.219 e. The molecule has 0 aromatic heterocycles. The van der Waals surface area contributed by atoms with Crippen molar-refractivity contribution in [2.24, 2.45) is 34.5 Å². The number of Topliss-reactive ketones (excluding diaryl/α,β-unsaturated/α-hetero) is 1. The van der Waals surface area contributed by atoms with Crippen LogP contribution >= 0.6 is 0 Å². The van der Waals surface area contributed by atoms with Crippen molar-refractivity contribution in [3.63, 3.8) is 0 Å². The smallest absolute Gasteiger partial charge is 0.219 e. The van der Waals surface area contributed by atoms with E-state index in [2.05, 4.69) is 6.92 Å². The number of rotatable bonds is 2. The molecule has 4 aliphatic rings. The highest BCUT2D eigenvalue weighted by molar-refractivity contribution is 6.04. The predicted octanol–water partition coefficient (Wildman–Crippen LogP) is 2.33. The summed E-state index contributed by atoms with van der Waals surface area (Å²) in [5, 5.41) is 30.6. The van der Waals surface area contributed by atoms with Gasteiger partial charge in [0.1, 0.15) is 6.61 Å². The fourth-order valence-electron chi connectivity index (χ4n) is 7.05. The molecule has 0 aliphatic heterocycles. The van der Waals surface area contributed by atoms with Crippen molar-refractivity contribution < 1.29 is 24.9 Å². The van der Waals surface area contributed by atoms with E-state index in [0.717, 1.165) is 31.3 Å². The summed E-state index contributed by atoms with van der Waals surface area (Å²) >= 11 is 0. The largest absolute Gasteiger partial charge is 0.504 e. The summed E-state index contributed by atoms with van der Waals surface area (Å²) in [5.41, 5.74) is 0.208. The Morgan fingerprint density at radius 1 is 1.27 bits per heavy atom. The second kappa shape index (κ2) is 5.77. The van der Waals surface area contributed by atoms with E-state index in [9.17, 15) is 24.9 Å². The Bertz CT molecular complexity index is 722. The normalized spacial score (nSPS) is 47.4. The zero-order valence-corrected chi connectivity index (χ0v) is 15.4. The Labute approximate surface area is 153 Å². The maximum absolute atomic E-state index is 12.3. The first-order valence-corrected chi connectivity index (χ1v) is 9.71. The zero-order valence-electron chi connectivity index (χ0n) is 15.4. The second-order valence-corrected chi connectivity index (χ2v) is 9.21. The summed E-state index contributed by atoms with van der Waals surface area (Å²) in [6, 6.07) is 0. The Balaban J connectivity index is 1.73. The third-order valence-corrected chi connectivity index (χ3v) is 8.12. The molecule has 0 heterocycles. The van der Waals surface area contributed by atoms with Crippen LogP contribution in [0, 0.1) is 34.5 Å². The molecule has 0 spiro atoms. The Morgan fingerprint density at radius 2 is 2.00 bits per heavy atom. The predicted molar refractivity (Wildman–Crippen MR) is 95.2 cm³/mol. The van der Waals surface area contributed by atoms with Gasteiger partial charge >= 0.3 is 0 Å². The van der Waals surface area contributed by atoms with Crippen molar-refractivity contribution >= 4 is 11.6 Å². The minimum atomic E-state index is -0.598. The van der Waals surface area contributed by atoms with Gasteiger partial charge in [0.05, 0.1) is 6.10 Å². The zero-order chi connectivity index (χ0) is 18.9. The first-order valence-electron chi connectivity index (χ1n) is 9.71. The van der Waals surface area contributed by atoms with Crippen LogP contribution in [-0.2, 0) is 9.59 Å². The van der Waals surface area contributed by atoms with Crippen LogP contribution in [0.1, 0.15) is 46.0 Å². The minimum Gasteiger partial charge on any atom is -0.504 e. The third kappa shape index (κ3) is 2.23. The van der Waals surface area contributed by atoms with Gasteiger partial charge in [-0.3, -0.25) is 9.59 Å².